The summed E-state index contributed by atoms with van der Waals surface area (Å²) in [5.41, 5.74) is 0.336. The molecule has 3 aromatic rings. The minimum absolute atomic E-state index is 0.0579. The summed E-state index contributed by atoms with van der Waals surface area (Å²) in [5, 5.41) is 21.0. The molecule has 0 atom stereocenters. The van der Waals surface area contributed by atoms with E-state index in [0.29, 0.717) is 24.2 Å². The van der Waals surface area contributed by atoms with Crippen molar-refractivity contribution in [2.45, 2.75) is 26.8 Å². The number of benzene rings is 1. The van der Waals surface area contributed by atoms with Gasteiger partial charge >= 0.3 is 0 Å². The fraction of sp³-hybridized carbons (Fsp3) is 0.286. The Hall–Kier alpha value is -2.89. The molecule has 0 bridgehead atoms. The molecule has 0 unspecified atom stereocenters. The van der Waals surface area contributed by atoms with Crippen molar-refractivity contribution in [1.29, 1.82) is 5.26 Å². The van der Waals surface area contributed by atoms with Crippen molar-refractivity contribution >= 4 is 32.7 Å². The average molecular weight is 459 g/mol. The maximum Gasteiger partial charge on any atom is 0.271 e. The minimum Gasteiger partial charge on any atom is -0.494 e. The number of pyridine rings is 1. The molecule has 29 heavy (non-hydrogen) atoms. The topological polar surface area (TPSA) is 105 Å². The first-order valence-corrected chi connectivity index (χ1v) is 9.69. The highest BCUT2D eigenvalue weighted by Gasteiger charge is 2.28. The first-order chi connectivity index (χ1) is 13.8. The molecule has 0 radical (unpaired) electrons. The molecule has 0 spiro atoms. The highest BCUT2D eigenvalue weighted by atomic mass is 79.9. The Labute approximate surface area is 175 Å². The van der Waals surface area contributed by atoms with Crippen molar-refractivity contribution in [2.24, 2.45) is 0 Å². The number of furan rings is 1. The molecule has 2 aromatic heterocycles. The number of carbonyl (C=O) groups is 1. The van der Waals surface area contributed by atoms with E-state index in [1.54, 1.807) is 13.0 Å². The lowest BCUT2D eigenvalue weighted by Gasteiger charge is -2.15. The van der Waals surface area contributed by atoms with E-state index < -0.39 is 17.2 Å². The maximum absolute atomic E-state index is 13.3. The molecule has 2 heterocycles. The zero-order valence-corrected chi connectivity index (χ0v) is 17.8. The molecule has 0 saturated carbocycles. The van der Waals surface area contributed by atoms with Crippen LogP contribution in [0, 0.1) is 25.2 Å². The lowest BCUT2D eigenvalue weighted by molar-refractivity contribution is 0.100. The van der Waals surface area contributed by atoms with Crippen molar-refractivity contribution in [1.82, 2.24) is 4.57 Å². The van der Waals surface area contributed by atoms with E-state index in [1.165, 1.54) is 14.0 Å². The van der Waals surface area contributed by atoms with Crippen LogP contribution >= 0.6 is 15.9 Å². The van der Waals surface area contributed by atoms with E-state index in [2.05, 4.69) is 15.9 Å². The van der Waals surface area contributed by atoms with Crippen LogP contribution in [0.5, 0.6) is 5.88 Å². The third-order valence-electron chi connectivity index (χ3n) is 4.86. The number of methoxy groups -OCH3 is 1. The van der Waals surface area contributed by atoms with Gasteiger partial charge < -0.3 is 14.3 Å². The second-order valence-electron chi connectivity index (χ2n) is 6.64. The van der Waals surface area contributed by atoms with E-state index in [9.17, 15) is 20.0 Å². The molecule has 7 nitrogen and oxygen atoms in total. The number of fused-ring (bicyclic) bond motifs is 1. The molecule has 3 rings (SSSR count). The predicted octanol–water partition coefficient (Wildman–Crippen LogP) is 3.82. The van der Waals surface area contributed by atoms with Gasteiger partial charge in [-0.2, -0.15) is 5.26 Å². The molecule has 0 aliphatic rings. The Morgan fingerprint density at radius 1 is 1.34 bits per heavy atom. The number of nitriles is 1. The number of nitrogens with zero attached hydrogens (tertiary/aromatic N) is 2. The van der Waals surface area contributed by atoms with Crippen LogP contribution in [0.3, 0.4) is 0 Å². The van der Waals surface area contributed by atoms with Crippen LogP contribution in [0.25, 0.3) is 11.0 Å². The van der Waals surface area contributed by atoms with Crippen molar-refractivity contribution in [3.05, 3.63) is 61.0 Å². The van der Waals surface area contributed by atoms with Crippen LogP contribution in [0.2, 0.25) is 0 Å². The van der Waals surface area contributed by atoms with Crippen LogP contribution in [-0.2, 0) is 11.3 Å². The Balaban J connectivity index is 2.21. The van der Waals surface area contributed by atoms with E-state index in [-0.39, 0.29) is 29.0 Å². The summed E-state index contributed by atoms with van der Waals surface area (Å²) in [4.78, 5) is 25.9. The molecule has 0 amide bonds. The number of aromatic hydroxyl groups is 1. The molecule has 0 saturated heterocycles. The molecule has 1 aromatic carbocycles. The quantitative estimate of drug-likeness (QED) is 0.444. The Morgan fingerprint density at radius 2 is 2.07 bits per heavy atom. The van der Waals surface area contributed by atoms with Crippen LogP contribution < -0.4 is 5.56 Å². The number of hydrogen-bond donors (Lipinski definition) is 1. The molecular formula is C21H19BrN2O5. The number of rotatable bonds is 6. The van der Waals surface area contributed by atoms with E-state index in [4.69, 9.17) is 9.15 Å². The highest BCUT2D eigenvalue weighted by Crippen LogP contribution is 2.32. The average Bonchev–Trinajstić information content (AvgIpc) is 3.00. The fourth-order valence-corrected chi connectivity index (χ4v) is 3.67. The largest absolute Gasteiger partial charge is 0.494 e. The van der Waals surface area contributed by atoms with Gasteiger partial charge in [-0.3, -0.25) is 14.2 Å². The number of aryl methyl sites for hydroxylation is 1. The van der Waals surface area contributed by atoms with Gasteiger partial charge in [0.15, 0.2) is 5.76 Å². The van der Waals surface area contributed by atoms with Gasteiger partial charge in [0.05, 0.1) is 5.56 Å². The minimum atomic E-state index is -0.639. The Kier molecular flexibility index (Phi) is 5.91. The maximum atomic E-state index is 13.3. The smallest absolute Gasteiger partial charge is 0.271 e. The molecule has 0 aliphatic carbocycles. The summed E-state index contributed by atoms with van der Waals surface area (Å²) in [6.07, 6.45) is 0.434. The summed E-state index contributed by atoms with van der Waals surface area (Å²) < 4.78 is 12.6. The Bertz CT molecular complexity index is 1220. The number of ether oxygens (including phenoxy) is 1. The molecule has 0 fully saturated rings. The summed E-state index contributed by atoms with van der Waals surface area (Å²) in [7, 11) is 1.52. The summed E-state index contributed by atoms with van der Waals surface area (Å²) in [6, 6.07) is 7.27. The van der Waals surface area contributed by atoms with Crippen LogP contribution in [0.1, 0.15) is 39.2 Å². The van der Waals surface area contributed by atoms with Gasteiger partial charge in [0, 0.05) is 35.7 Å². The first-order valence-electron chi connectivity index (χ1n) is 8.90. The van der Waals surface area contributed by atoms with Gasteiger partial charge in [-0.05, 0) is 44.0 Å². The second-order valence-corrected chi connectivity index (χ2v) is 7.56. The van der Waals surface area contributed by atoms with E-state index in [1.807, 2.05) is 18.2 Å². The van der Waals surface area contributed by atoms with Crippen molar-refractivity contribution in [3.8, 4) is 11.9 Å². The van der Waals surface area contributed by atoms with E-state index >= 15 is 0 Å². The molecule has 8 heteroatoms. The first kappa shape index (κ1) is 20.8. The van der Waals surface area contributed by atoms with Crippen LogP contribution in [0.4, 0.5) is 0 Å². The number of carbonyl (C=O) groups excluding carboxylic acids is 1. The molecule has 150 valence electrons. The third-order valence-corrected chi connectivity index (χ3v) is 5.36. The van der Waals surface area contributed by atoms with Gasteiger partial charge in [-0.15, -0.1) is 0 Å². The van der Waals surface area contributed by atoms with Gasteiger partial charge in [0.25, 0.3) is 5.56 Å². The number of ketones is 1. The van der Waals surface area contributed by atoms with Crippen molar-refractivity contribution in [2.75, 3.05) is 13.7 Å². The van der Waals surface area contributed by atoms with Crippen LogP contribution in [0.15, 0.2) is 31.9 Å². The standard InChI is InChI=1S/C21H19BrN2O5/c1-11-15(10-23)20(26)24(7-4-8-28-3)21(27)17(11)18(25)19-12(2)14-6-5-13(22)9-16(14)29-19/h5-6,9,27H,4,7-8H2,1-3H3. The molecule has 1 N–H and O–H groups in total. The monoisotopic (exact) mass is 458 g/mol. The lowest BCUT2D eigenvalue weighted by Crippen LogP contribution is -2.27. The van der Waals surface area contributed by atoms with Crippen LogP contribution in [-0.4, -0.2) is 29.2 Å². The Morgan fingerprint density at radius 3 is 2.72 bits per heavy atom. The van der Waals surface area contributed by atoms with Gasteiger partial charge in [0.1, 0.15) is 17.2 Å². The molecule has 0 aliphatic heterocycles. The van der Waals surface area contributed by atoms with Gasteiger partial charge in [-0.25, -0.2) is 0 Å². The molecular weight excluding hydrogens is 440 g/mol. The lowest BCUT2D eigenvalue weighted by atomic mass is 9.98. The summed E-state index contributed by atoms with van der Waals surface area (Å²) >= 11 is 3.37. The fourth-order valence-electron chi connectivity index (χ4n) is 3.33. The van der Waals surface area contributed by atoms with Gasteiger partial charge in [0.2, 0.25) is 11.7 Å². The number of aromatic nitrogens is 1. The number of halogens is 1. The SMILES string of the molecule is COCCCn1c(O)c(C(=O)c2oc3cc(Br)ccc3c2C)c(C)c(C#N)c1=O. The van der Waals surface area contributed by atoms with E-state index in [0.717, 1.165) is 14.4 Å². The highest BCUT2D eigenvalue weighted by molar-refractivity contribution is 9.10. The second kappa shape index (κ2) is 8.23. The zero-order valence-electron chi connectivity index (χ0n) is 16.2. The normalized spacial score (nSPS) is 11.0. The van der Waals surface area contributed by atoms with Crippen molar-refractivity contribution < 1.29 is 19.1 Å². The number of hydrogen-bond acceptors (Lipinski definition) is 6. The zero-order chi connectivity index (χ0) is 21.3. The van der Waals surface area contributed by atoms with Crippen molar-refractivity contribution in [3.63, 3.8) is 0 Å². The summed E-state index contributed by atoms with van der Waals surface area (Å²) in [5.74, 6) is -1.00. The third kappa shape index (κ3) is 3.59. The summed E-state index contributed by atoms with van der Waals surface area (Å²) in [6.45, 7) is 3.70. The van der Waals surface area contributed by atoms with Gasteiger partial charge in [-0.1, -0.05) is 15.9 Å². The predicted molar refractivity (Wildman–Crippen MR) is 110 cm³/mol.